The van der Waals surface area contributed by atoms with E-state index in [1.165, 1.54) is 11.3 Å². The number of nitrogens with zero attached hydrogens (tertiary/aromatic N) is 1. The van der Waals surface area contributed by atoms with E-state index in [9.17, 15) is 13.2 Å². The van der Waals surface area contributed by atoms with Gasteiger partial charge in [-0.1, -0.05) is 6.08 Å². The Bertz CT molecular complexity index is 993. The molecule has 0 atom stereocenters. The summed E-state index contributed by atoms with van der Waals surface area (Å²) in [4.78, 5) is 15.3. The Balaban J connectivity index is 1.96. The summed E-state index contributed by atoms with van der Waals surface area (Å²) < 4.78 is 33.8. The molecule has 1 N–H and O–H groups in total. The molecular weight excluding hydrogens is 384 g/mol. The van der Waals surface area contributed by atoms with Gasteiger partial charge in [0.2, 0.25) is 5.91 Å². The number of carbonyl (C=O) groups is 1. The number of benzene rings is 1. The summed E-state index contributed by atoms with van der Waals surface area (Å²) in [5, 5.41) is 0. The maximum Gasteiger partial charge on any atom is 0.271 e. The van der Waals surface area contributed by atoms with Gasteiger partial charge in [0.25, 0.3) is 10.0 Å². The Morgan fingerprint density at radius 2 is 2.07 bits per heavy atom. The first-order chi connectivity index (χ1) is 12.6. The molecule has 27 heavy (non-hydrogen) atoms. The van der Waals surface area contributed by atoms with Gasteiger partial charge < -0.3 is 9.64 Å². The van der Waals surface area contributed by atoms with E-state index in [2.05, 4.69) is 11.3 Å². The van der Waals surface area contributed by atoms with Crippen molar-refractivity contribution >= 4 is 38.6 Å². The second-order valence-corrected chi connectivity index (χ2v) is 10.2. The molecule has 2 heterocycles. The summed E-state index contributed by atoms with van der Waals surface area (Å²) in [6, 6.07) is 8.27. The normalized spacial score (nSPS) is 16.3. The highest BCUT2D eigenvalue weighted by molar-refractivity contribution is 7.94. The van der Waals surface area contributed by atoms with Crippen LogP contribution in [0, 0.1) is 12.3 Å². The van der Waals surface area contributed by atoms with Crippen LogP contribution in [-0.4, -0.2) is 27.5 Å². The first-order valence-electron chi connectivity index (χ1n) is 8.43. The summed E-state index contributed by atoms with van der Waals surface area (Å²) in [5.74, 6) is 0.391. The second-order valence-electron chi connectivity index (χ2n) is 7.03. The van der Waals surface area contributed by atoms with E-state index in [0.29, 0.717) is 23.7 Å². The number of ether oxygens (including phenoxy) is 1. The third-order valence-corrected chi connectivity index (χ3v) is 7.08. The van der Waals surface area contributed by atoms with Crippen molar-refractivity contribution in [3.8, 4) is 5.75 Å². The summed E-state index contributed by atoms with van der Waals surface area (Å²) in [7, 11) is -3.67. The van der Waals surface area contributed by atoms with Crippen LogP contribution in [0.4, 0.5) is 11.4 Å². The lowest BCUT2D eigenvalue weighted by Gasteiger charge is -2.27. The van der Waals surface area contributed by atoms with E-state index in [1.807, 2.05) is 20.8 Å². The highest BCUT2D eigenvalue weighted by Crippen LogP contribution is 2.38. The van der Waals surface area contributed by atoms with Crippen molar-refractivity contribution in [3.63, 3.8) is 0 Å². The summed E-state index contributed by atoms with van der Waals surface area (Å²) in [6.07, 6.45) is 1.65. The monoisotopic (exact) mass is 406 g/mol. The van der Waals surface area contributed by atoms with E-state index in [-0.39, 0.29) is 16.7 Å². The molecule has 3 rings (SSSR count). The van der Waals surface area contributed by atoms with Gasteiger partial charge in [-0.05, 0) is 45.0 Å². The first-order valence-corrected chi connectivity index (χ1v) is 10.7. The number of thiophene rings is 1. The molecular formula is C19H22N2O4S2. The number of rotatable bonds is 5. The average molecular weight is 407 g/mol. The number of amides is 1. The smallest absolute Gasteiger partial charge is 0.271 e. The lowest BCUT2D eigenvalue weighted by molar-refractivity contribution is -0.127. The van der Waals surface area contributed by atoms with Gasteiger partial charge in [0.05, 0.1) is 16.8 Å². The first kappa shape index (κ1) is 19.4. The SMILES string of the molecule is C=CCN1C(=O)C(C)(C)COc2cc(NS(=O)(=O)c3ccc(C)s3)ccc21. The van der Waals surface area contributed by atoms with Crippen molar-refractivity contribution in [2.75, 3.05) is 22.8 Å². The number of anilines is 2. The van der Waals surface area contributed by atoms with Crippen molar-refractivity contribution in [3.05, 3.63) is 47.9 Å². The predicted octanol–water partition coefficient (Wildman–Crippen LogP) is 3.79. The molecule has 0 saturated carbocycles. The minimum absolute atomic E-state index is 0.0662. The average Bonchev–Trinajstić information content (AvgIpc) is 3.02. The van der Waals surface area contributed by atoms with Gasteiger partial charge >= 0.3 is 0 Å². The molecule has 0 aliphatic carbocycles. The maximum absolute atomic E-state index is 12.8. The largest absolute Gasteiger partial charge is 0.490 e. The number of hydrogen-bond donors (Lipinski definition) is 1. The van der Waals surface area contributed by atoms with Crippen LogP contribution in [0.25, 0.3) is 0 Å². The van der Waals surface area contributed by atoms with Gasteiger partial charge in [-0.2, -0.15) is 0 Å². The minimum Gasteiger partial charge on any atom is -0.490 e. The molecule has 2 aromatic rings. The molecule has 0 fully saturated rings. The number of aryl methyl sites for hydroxylation is 1. The van der Waals surface area contributed by atoms with Crippen molar-refractivity contribution in [2.45, 2.75) is 25.0 Å². The Labute approximate surface area is 163 Å². The summed E-state index contributed by atoms with van der Waals surface area (Å²) in [6.45, 7) is 9.76. The zero-order valence-electron chi connectivity index (χ0n) is 15.5. The van der Waals surface area contributed by atoms with Crippen molar-refractivity contribution < 1.29 is 17.9 Å². The molecule has 1 aromatic heterocycles. The summed E-state index contributed by atoms with van der Waals surface area (Å²) >= 11 is 1.21. The van der Waals surface area contributed by atoms with E-state index >= 15 is 0 Å². The number of fused-ring (bicyclic) bond motifs is 1. The fraction of sp³-hybridized carbons (Fsp3) is 0.316. The Kier molecular flexibility index (Phi) is 5.05. The maximum atomic E-state index is 12.8. The number of hydrogen-bond acceptors (Lipinski definition) is 5. The zero-order chi connectivity index (χ0) is 19.8. The molecule has 0 bridgehead atoms. The molecule has 1 aromatic carbocycles. The molecule has 6 nitrogen and oxygen atoms in total. The van der Waals surface area contributed by atoms with Gasteiger partial charge in [-0.3, -0.25) is 9.52 Å². The fourth-order valence-corrected chi connectivity index (χ4v) is 5.12. The quantitative estimate of drug-likeness (QED) is 0.767. The Morgan fingerprint density at radius 3 is 2.70 bits per heavy atom. The highest BCUT2D eigenvalue weighted by Gasteiger charge is 2.37. The number of nitrogens with one attached hydrogen (secondary N) is 1. The van der Waals surface area contributed by atoms with E-state index in [1.54, 1.807) is 41.3 Å². The van der Waals surface area contributed by atoms with Crippen LogP contribution < -0.4 is 14.4 Å². The minimum atomic E-state index is -3.67. The van der Waals surface area contributed by atoms with Crippen LogP contribution in [0.15, 0.2) is 47.2 Å². The topological polar surface area (TPSA) is 75.7 Å². The van der Waals surface area contributed by atoms with Crippen LogP contribution in [0.2, 0.25) is 0 Å². The van der Waals surface area contributed by atoms with Crippen LogP contribution in [-0.2, 0) is 14.8 Å². The third-order valence-electron chi connectivity index (χ3n) is 4.21. The molecule has 0 saturated heterocycles. The molecule has 1 amide bonds. The number of sulfonamides is 1. The lowest BCUT2D eigenvalue weighted by Crippen LogP contribution is -2.42. The standard InChI is InChI=1S/C19H22N2O4S2/c1-5-10-21-15-8-7-14(11-16(15)25-12-19(3,4)18(21)22)20-27(23,24)17-9-6-13(2)26-17/h5-9,11,20H,1,10,12H2,2-4H3. The second kappa shape index (κ2) is 7.01. The molecule has 0 unspecified atom stereocenters. The predicted molar refractivity (Wildman–Crippen MR) is 108 cm³/mol. The van der Waals surface area contributed by atoms with Gasteiger partial charge in [-0.25, -0.2) is 8.42 Å². The Hall–Kier alpha value is -2.32. The molecule has 1 aliphatic heterocycles. The van der Waals surface area contributed by atoms with Crippen LogP contribution in [0.1, 0.15) is 18.7 Å². The number of carbonyl (C=O) groups excluding carboxylic acids is 1. The molecule has 1 aliphatic rings. The molecule has 0 radical (unpaired) electrons. The van der Waals surface area contributed by atoms with E-state index in [0.717, 1.165) is 4.88 Å². The van der Waals surface area contributed by atoms with Crippen LogP contribution in [0.5, 0.6) is 5.75 Å². The summed E-state index contributed by atoms with van der Waals surface area (Å²) in [5.41, 5.74) is 0.279. The van der Waals surface area contributed by atoms with Gasteiger partial charge in [0, 0.05) is 17.5 Å². The van der Waals surface area contributed by atoms with Gasteiger partial charge in [0.1, 0.15) is 16.6 Å². The molecule has 0 spiro atoms. The van der Waals surface area contributed by atoms with Crippen LogP contribution >= 0.6 is 11.3 Å². The van der Waals surface area contributed by atoms with E-state index < -0.39 is 15.4 Å². The van der Waals surface area contributed by atoms with Crippen molar-refractivity contribution in [1.29, 1.82) is 0 Å². The fourth-order valence-electron chi connectivity index (χ4n) is 2.78. The zero-order valence-corrected chi connectivity index (χ0v) is 17.1. The lowest BCUT2D eigenvalue weighted by atomic mass is 9.93. The van der Waals surface area contributed by atoms with Crippen molar-refractivity contribution in [1.82, 2.24) is 0 Å². The third kappa shape index (κ3) is 3.86. The molecule has 144 valence electrons. The van der Waals surface area contributed by atoms with E-state index in [4.69, 9.17) is 4.74 Å². The Morgan fingerprint density at radius 1 is 1.33 bits per heavy atom. The van der Waals surface area contributed by atoms with Crippen LogP contribution in [0.3, 0.4) is 0 Å². The van der Waals surface area contributed by atoms with Gasteiger partial charge in [0.15, 0.2) is 0 Å². The van der Waals surface area contributed by atoms with Crippen molar-refractivity contribution in [2.24, 2.45) is 5.41 Å². The molecule has 8 heteroatoms. The van der Waals surface area contributed by atoms with Gasteiger partial charge in [-0.15, -0.1) is 17.9 Å². The highest BCUT2D eigenvalue weighted by atomic mass is 32.2.